The van der Waals surface area contributed by atoms with Crippen LogP contribution in [0.15, 0.2) is 12.1 Å². The SMILES string of the molecule is O=C(O)c1cc(F)cc(CO)c1Cl. The first-order valence-electron chi connectivity index (χ1n) is 3.38. The minimum absolute atomic E-state index is 0.0686. The van der Waals surface area contributed by atoms with Crippen LogP contribution < -0.4 is 0 Å². The lowest BCUT2D eigenvalue weighted by Crippen LogP contribution is -2.01. The van der Waals surface area contributed by atoms with Gasteiger partial charge in [0, 0.05) is 0 Å². The Kier molecular flexibility index (Phi) is 2.85. The smallest absolute Gasteiger partial charge is 0.337 e. The maximum Gasteiger partial charge on any atom is 0.337 e. The topological polar surface area (TPSA) is 57.5 Å². The van der Waals surface area contributed by atoms with Gasteiger partial charge in [0.2, 0.25) is 0 Å². The van der Waals surface area contributed by atoms with Crippen LogP contribution >= 0.6 is 11.6 Å². The molecule has 0 saturated carbocycles. The van der Waals surface area contributed by atoms with Crippen LogP contribution in [-0.4, -0.2) is 16.2 Å². The van der Waals surface area contributed by atoms with Gasteiger partial charge < -0.3 is 10.2 Å². The Morgan fingerprint density at radius 1 is 1.54 bits per heavy atom. The van der Waals surface area contributed by atoms with E-state index < -0.39 is 18.4 Å². The second-order valence-corrected chi connectivity index (χ2v) is 2.77. The fourth-order valence-electron chi connectivity index (χ4n) is 0.916. The highest BCUT2D eigenvalue weighted by Gasteiger charge is 2.13. The second kappa shape index (κ2) is 3.72. The average molecular weight is 205 g/mol. The lowest BCUT2D eigenvalue weighted by Gasteiger charge is -2.04. The summed E-state index contributed by atoms with van der Waals surface area (Å²) in [6, 6.07) is 1.80. The molecule has 0 fully saturated rings. The molecule has 1 aromatic rings. The van der Waals surface area contributed by atoms with Crippen molar-refractivity contribution < 1.29 is 19.4 Å². The Bertz CT molecular complexity index is 351. The van der Waals surface area contributed by atoms with Gasteiger partial charge in [-0.15, -0.1) is 0 Å². The molecule has 1 rings (SSSR count). The molecule has 0 aromatic heterocycles. The number of aliphatic hydroxyl groups excluding tert-OH is 1. The number of carboxylic acid groups (broad SMARTS) is 1. The number of halogens is 2. The Morgan fingerprint density at radius 3 is 2.62 bits per heavy atom. The Morgan fingerprint density at radius 2 is 2.15 bits per heavy atom. The second-order valence-electron chi connectivity index (χ2n) is 2.39. The number of carboxylic acids is 1. The van der Waals surface area contributed by atoms with Gasteiger partial charge in [0.15, 0.2) is 0 Å². The molecule has 0 bridgehead atoms. The van der Waals surface area contributed by atoms with Gasteiger partial charge >= 0.3 is 5.97 Å². The first kappa shape index (κ1) is 9.95. The van der Waals surface area contributed by atoms with Gasteiger partial charge in [-0.1, -0.05) is 11.6 Å². The van der Waals surface area contributed by atoms with E-state index in [9.17, 15) is 9.18 Å². The van der Waals surface area contributed by atoms with Crippen LogP contribution in [0.3, 0.4) is 0 Å². The third kappa shape index (κ3) is 1.96. The van der Waals surface area contributed by atoms with Crippen LogP contribution in [0.4, 0.5) is 4.39 Å². The zero-order valence-corrected chi connectivity index (χ0v) is 7.18. The largest absolute Gasteiger partial charge is 0.478 e. The van der Waals surface area contributed by atoms with E-state index in [0.717, 1.165) is 12.1 Å². The van der Waals surface area contributed by atoms with Gasteiger partial charge in [-0.25, -0.2) is 9.18 Å². The van der Waals surface area contributed by atoms with Gasteiger partial charge in [-0.3, -0.25) is 0 Å². The first-order chi connectivity index (χ1) is 6.06. The molecule has 0 aliphatic heterocycles. The molecule has 0 radical (unpaired) electrons. The number of rotatable bonds is 2. The van der Waals surface area contributed by atoms with E-state index in [-0.39, 0.29) is 16.1 Å². The molecule has 0 atom stereocenters. The highest BCUT2D eigenvalue weighted by atomic mass is 35.5. The van der Waals surface area contributed by atoms with E-state index in [0.29, 0.717) is 0 Å². The van der Waals surface area contributed by atoms with Crippen molar-refractivity contribution in [3.8, 4) is 0 Å². The molecule has 1 aromatic carbocycles. The summed E-state index contributed by atoms with van der Waals surface area (Å²) in [5.74, 6) is -2.05. The molecule has 0 heterocycles. The summed E-state index contributed by atoms with van der Waals surface area (Å²) in [5.41, 5.74) is -0.273. The molecule has 13 heavy (non-hydrogen) atoms. The predicted molar refractivity (Wildman–Crippen MR) is 44.3 cm³/mol. The summed E-state index contributed by atoms with van der Waals surface area (Å²) in [5, 5.41) is 17.2. The van der Waals surface area contributed by atoms with Crippen LogP contribution in [0, 0.1) is 5.82 Å². The highest BCUT2D eigenvalue weighted by molar-refractivity contribution is 6.34. The summed E-state index contributed by atoms with van der Waals surface area (Å²) in [6.07, 6.45) is 0. The zero-order valence-electron chi connectivity index (χ0n) is 6.42. The van der Waals surface area contributed by atoms with Crippen molar-refractivity contribution in [2.24, 2.45) is 0 Å². The maximum atomic E-state index is 12.7. The molecule has 3 nitrogen and oxygen atoms in total. The van der Waals surface area contributed by atoms with Crippen molar-refractivity contribution in [1.82, 2.24) is 0 Å². The standard InChI is InChI=1S/C8H6ClFO3/c9-7-4(3-11)1-5(10)2-6(7)8(12)13/h1-2,11H,3H2,(H,12,13). The van der Waals surface area contributed by atoms with Crippen molar-refractivity contribution in [3.63, 3.8) is 0 Å². The zero-order chi connectivity index (χ0) is 10.0. The molecule has 0 saturated heterocycles. The molecule has 0 aliphatic carbocycles. The van der Waals surface area contributed by atoms with E-state index in [1.165, 1.54) is 0 Å². The van der Waals surface area contributed by atoms with Gasteiger partial charge in [0.05, 0.1) is 17.2 Å². The number of aliphatic hydroxyl groups is 1. The summed E-state index contributed by atoms with van der Waals surface area (Å²) in [7, 11) is 0. The molecule has 70 valence electrons. The monoisotopic (exact) mass is 204 g/mol. The minimum atomic E-state index is -1.32. The van der Waals surface area contributed by atoms with Gasteiger partial charge in [0.1, 0.15) is 5.82 Å². The van der Waals surface area contributed by atoms with E-state index in [4.69, 9.17) is 21.8 Å². The van der Waals surface area contributed by atoms with Crippen LogP contribution in [0.1, 0.15) is 15.9 Å². The fourth-order valence-corrected chi connectivity index (χ4v) is 1.17. The number of carbonyl (C=O) groups is 1. The van der Waals surface area contributed by atoms with E-state index in [2.05, 4.69) is 0 Å². The van der Waals surface area contributed by atoms with Gasteiger partial charge in [-0.2, -0.15) is 0 Å². The highest BCUT2D eigenvalue weighted by Crippen LogP contribution is 2.22. The van der Waals surface area contributed by atoms with Crippen molar-refractivity contribution in [2.75, 3.05) is 0 Å². The van der Waals surface area contributed by atoms with Crippen molar-refractivity contribution in [2.45, 2.75) is 6.61 Å². The van der Waals surface area contributed by atoms with Gasteiger partial charge in [0.25, 0.3) is 0 Å². The summed E-state index contributed by atoms with van der Waals surface area (Å²) < 4.78 is 12.7. The quantitative estimate of drug-likeness (QED) is 0.771. The number of benzene rings is 1. The Labute approximate surface area is 78.4 Å². The fraction of sp³-hybridized carbons (Fsp3) is 0.125. The lowest BCUT2D eigenvalue weighted by molar-refractivity contribution is 0.0696. The van der Waals surface area contributed by atoms with Crippen LogP contribution in [0.5, 0.6) is 0 Å². The van der Waals surface area contributed by atoms with Crippen molar-refractivity contribution >= 4 is 17.6 Å². The number of hydrogen-bond donors (Lipinski definition) is 2. The average Bonchev–Trinajstić information content (AvgIpc) is 2.08. The lowest BCUT2D eigenvalue weighted by atomic mass is 10.1. The van der Waals surface area contributed by atoms with E-state index in [1.54, 1.807) is 0 Å². The Balaban J connectivity index is 3.35. The van der Waals surface area contributed by atoms with E-state index >= 15 is 0 Å². The molecular weight excluding hydrogens is 199 g/mol. The normalized spacial score (nSPS) is 10.1. The summed E-state index contributed by atoms with van der Waals surface area (Å²) >= 11 is 5.57. The minimum Gasteiger partial charge on any atom is -0.478 e. The number of aromatic carboxylic acids is 1. The first-order valence-corrected chi connectivity index (χ1v) is 3.76. The Hall–Kier alpha value is -1.13. The van der Waals surface area contributed by atoms with E-state index in [1.807, 2.05) is 0 Å². The maximum absolute atomic E-state index is 12.7. The molecule has 0 spiro atoms. The summed E-state index contributed by atoms with van der Waals surface area (Å²) in [4.78, 5) is 10.5. The molecule has 0 amide bonds. The molecule has 0 aliphatic rings. The van der Waals surface area contributed by atoms with Crippen LogP contribution in [0.25, 0.3) is 0 Å². The van der Waals surface area contributed by atoms with Gasteiger partial charge in [-0.05, 0) is 17.7 Å². The molecule has 5 heteroatoms. The molecular formula is C8H6ClFO3. The third-order valence-corrected chi connectivity index (χ3v) is 1.96. The third-order valence-electron chi connectivity index (χ3n) is 1.51. The molecule has 2 N–H and O–H groups in total. The van der Waals surface area contributed by atoms with Crippen molar-refractivity contribution in [3.05, 3.63) is 34.1 Å². The van der Waals surface area contributed by atoms with Crippen molar-refractivity contribution in [1.29, 1.82) is 0 Å². The predicted octanol–water partition coefficient (Wildman–Crippen LogP) is 1.67. The molecule has 0 unspecified atom stereocenters. The number of hydrogen-bond acceptors (Lipinski definition) is 2. The van der Waals surface area contributed by atoms with Crippen LogP contribution in [0.2, 0.25) is 5.02 Å². The summed E-state index contributed by atoms with van der Waals surface area (Å²) in [6.45, 7) is -0.489. The van der Waals surface area contributed by atoms with Crippen LogP contribution in [-0.2, 0) is 6.61 Å².